The average molecular weight is 376 g/mol. The van der Waals surface area contributed by atoms with Crippen LogP contribution in [-0.2, 0) is 10.4 Å². The van der Waals surface area contributed by atoms with Crippen LogP contribution in [0.3, 0.4) is 0 Å². The molecule has 1 fully saturated rings. The van der Waals surface area contributed by atoms with E-state index in [1.807, 2.05) is 36.4 Å². The second-order valence-electron chi connectivity index (χ2n) is 6.23. The number of hydrogen-bond acceptors (Lipinski definition) is 2. The first-order chi connectivity index (χ1) is 12.0. The van der Waals surface area contributed by atoms with Crippen molar-refractivity contribution in [1.82, 2.24) is 4.90 Å². The summed E-state index contributed by atoms with van der Waals surface area (Å²) < 4.78 is 0. The molecule has 3 rings (SSSR count). The Hall–Kier alpha value is -1.81. The number of nitrogens with zero attached hydrogens (tertiary/aromatic N) is 1. The zero-order valence-corrected chi connectivity index (χ0v) is 15.2. The third kappa shape index (κ3) is 4.24. The van der Waals surface area contributed by atoms with Crippen molar-refractivity contribution in [3.05, 3.63) is 75.8 Å². The van der Waals surface area contributed by atoms with E-state index in [2.05, 4.69) is 0 Å². The van der Waals surface area contributed by atoms with Crippen molar-refractivity contribution >= 4 is 35.2 Å². The molecule has 0 spiro atoms. The fraction of sp³-hybridized carbons (Fsp3) is 0.250. The predicted molar refractivity (Wildman–Crippen MR) is 102 cm³/mol. The van der Waals surface area contributed by atoms with E-state index in [1.54, 1.807) is 23.1 Å². The molecule has 1 heterocycles. The molecular weight excluding hydrogens is 357 g/mol. The van der Waals surface area contributed by atoms with Crippen LogP contribution in [0, 0.1) is 0 Å². The topological polar surface area (TPSA) is 40.5 Å². The molecule has 5 heteroatoms. The van der Waals surface area contributed by atoms with Gasteiger partial charge in [-0.2, -0.15) is 0 Å². The van der Waals surface area contributed by atoms with Crippen LogP contribution in [0.5, 0.6) is 0 Å². The Morgan fingerprint density at radius 1 is 1.04 bits per heavy atom. The minimum Gasteiger partial charge on any atom is -0.385 e. The van der Waals surface area contributed by atoms with Gasteiger partial charge in [0.05, 0.1) is 15.6 Å². The average Bonchev–Trinajstić information content (AvgIpc) is 2.64. The molecule has 0 bridgehead atoms. The summed E-state index contributed by atoms with van der Waals surface area (Å²) in [6.07, 6.45) is 4.32. The van der Waals surface area contributed by atoms with E-state index in [0.29, 0.717) is 36.0 Å². The van der Waals surface area contributed by atoms with E-state index in [9.17, 15) is 9.90 Å². The Morgan fingerprint density at radius 2 is 1.72 bits per heavy atom. The molecule has 1 saturated heterocycles. The van der Waals surface area contributed by atoms with Gasteiger partial charge in [0.25, 0.3) is 0 Å². The third-order valence-corrected chi connectivity index (χ3v) is 5.31. The highest BCUT2D eigenvalue weighted by atomic mass is 35.5. The molecule has 3 nitrogen and oxygen atoms in total. The maximum absolute atomic E-state index is 12.4. The highest BCUT2D eigenvalue weighted by Crippen LogP contribution is 2.32. The summed E-state index contributed by atoms with van der Waals surface area (Å²) in [4.78, 5) is 14.1. The molecule has 1 aliphatic rings. The van der Waals surface area contributed by atoms with E-state index in [0.717, 1.165) is 11.1 Å². The van der Waals surface area contributed by atoms with Crippen molar-refractivity contribution in [1.29, 1.82) is 0 Å². The van der Waals surface area contributed by atoms with Gasteiger partial charge in [0.15, 0.2) is 0 Å². The molecule has 25 heavy (non-hydrogen) atoms. The molecule has 2 aromatic rings. The largest absolute Gasteiger partial charge is 0.385 e. The third-order valence-electron chi connectivity index (χ3n) is 4.58. The zero-order chi connectivity index (χ0) is 17.9. The normalized spacial score (nSPS) is 17.0. The maximum atomic E-state index is 12.4. The van der Waals surface area contributed by atoms with Crippen LogP contribution >= 0.6 is 23.2 Å². The molecular formula is C20H19Cl2NO2. The number of aliphatic hydroxyl groups is 1. The SMILES string of the molecule is O=C(C=Cc1ccc(Cl)c(Cl)c1)N1CCC(O)(c2ccccc2)CC1. The van der Waals surface area contributed by atoms with Crippen LogP contribution in [0.1, 0.15) is 24.0 Å². The van der Waals surface area contributed by atoms with Crippen molar-refractivity contribution in [3.63, 3.8) is 0 Å². The van der Waals surface area contributed by atoms with Gasteiger partial charge >= 0.3 is 0 Å². The first kappa shape index (κ1) is 18.0. The van der Waals surface area contributed by atoms with Gasteiger partial charge in [0, 0.05) is 19.2 Å². The van der Waals surface area contributed by atoms with Crippen molar-refractivity contribution in [2.24, 2.45) is 0 Å². The first-order valence-electron chi connectivity index (χ1n) is 8.18. The van der Waals surface area contributed by atoms with Crippen LogP contribution in [0.4, 0.5) is 0 Å². The number of carbonyl (C=O) groups is 1. The van der Waals surface area contributed by atoms with Crippen molar-refractivity contribution in [2.45, 2.75) is 18.4 Å². The molecule has 1 aliphatic heterocycles. The number of likely N-dealkylation sites (tertiary alicyclic amines) is 1. The predicted octanol–water partition coefficient (Wildman–Crippen LogP) is 4.52. The van der Waals surface area contributed by atoms with Gasteiger partial charge in [-0.05, 0) is 42.2 Å². The number of amides is 1. The quantitative estimate of drug-likeness (QED) is 0.801. The van der Waals surface area contributed by atoms with Crippen LogP contribution in [0.2, 0.25) is 10.0 Å². The van der Waals surface area contributed by atoms with Crippen molar-refractivity contribution in [3.8, 4) is 0 Å². The van der Waals surface area contributed by atoms with E-state index < -0.39 is 5.60 Å². The summed E-state index contributed by atoms with van der Waals surface area (Å²) in [5.74, 6) is -0.0683. The van der Waals surface area contributed by atoms with Crippen LogP contribution < -0.4 is 0 Å². The number of benzene rings is 2. The molecule has 1 N–H and O–H groups in total. The lowest BCUT2D eigenvalue weighted by atomic mass is 9.84. The number of halogens is 2. The summed E-state index contributed by atoms with van der Waals surface area (Å²) in [7, 11) is 0. The van der Waals surface area contributed by atoms with E-state index >= 15 is 0 Å². The molecule has 0 aromatic heterocycles. The Morgan fingerprint density at radius 3 is 2.36 bits per heavy atom. The van der Waals surface area contributed by atoms with Gasteiger partial charge in [0.1, 0.15) is 0 Å². The molecule has 0 radical (unpaired) electrons. The Bertz CT molecular complexity index is 782. The lowest BCUT2D eigenvalue weighted by molar-refractivity contribution is -0.130. The van der Waals surface area contributed by atoms with Crippen LogP contribution in [-0.4, -0.2) is 29.0 Å². The Kier molecular flexibility index (Phi) is 5.48. The fourth-order valence-corrected chi connectivity index (χ4v) is 3.33. The Balaban J connectivity index is 1.61. The van der Waals surface area contributed by atoms with E-state index in [1.165, 1.54) is 6.08 Å². The fourth-order valence-electron chi connectivity index (χ4n) is 3.02. The number of carbonyl (C=O) groups excluding carboxylic acids is 1. The van der Waals surface area contributed by atoms with Gasteiger partial charge in [0.2, 0.25) is 5.91 Å². The summed E-state index contributed by atoms with van der Waals surface area (Å²) in [6, 6.07) is 14.9. The maximum Gasteiger partial charge on any atom is 0.246 e. The highest BCUT2D eigenvalue weighted by molar-refractivity contribution is 6.42. The van der Waals surface area contributed by atoms with E-state index in [-0.39, 0.29) is 5.91 Å². The van der Waals surface area contributed by atoms with Gasteiger partial charge in [-0.3, -0.25) is 4.79 Å². The van der Waals surface area contributed by atoms with Crippen molar-refractivity contribution in [2.75, 3.05) is 13.1 Å². The molecule has 1 amide bonds. The lowest BCUT2D eigenvalue weighted by Crippen LogP contribution is -2.44. The zero-order valence-electron chi connectivity index (χ0n) is 13.7. The first-order valence-corrected chi connectivity index (χ1v) is 8.93. The summed E-state index contributed by atoms with van der Waals surface area (Å²) in [5.41, 5.74) is 0.875. The molecule has 0 atom stereocenters. The van der Waals surface area contributed by atoms with Gasteiger partial charge in [-0.25, -0.2) is 0 Å². The summed E-state index contributed by atoms with van der Waals surface area (Å²) >= 11 is 11.9. The summed E-state index contributed by atoms with van der Waals surface area (Å²) in [5, 5.41) is 11.8. The monoisotopic (exact) mass is 375 g/mol. The van der Waals surface area contributed by atoms with Crippen LogP contribution in [0.15, 0.2) is 54.6 Å². The van der Waals surface area contributed by atoms with E-state index in [4.69, 9.17) is 23.2 Å². The lowest BCUT2D eigenvalue weighted by Gasteiger charge is -2.38. The minimum absolute atomic E-state index is 0.0683. The Labute approximate surface area is 157 Å². The standard InChI is InChI=1S/C20H19Cl2NO2/c21-17-8-6-15(14-18(17)22)7-9-19(24)23-12-10-20(25,11-13-23)16-4-2-1-3-5-16/h1-9,14,25H,10-13H2. The molecule has 0 unspecified atom stereocenters. The second kappa shape index (κ2) is 7.61. The number of piperidine rings is 1. The van der Waals surface area contributed by atoms with Crippen LogP contribution in [0.25, 0.3) is 6.08 Å². The van der Waals surface area contributed by atoms with Crippen molar-refractivity contribution < 1.29 is 9.90 Å². The number of hydrogen-bond donors (Lipinski definition) is 1. The smallest absolute Gasteiger partial charge is 0.246 e. The molecule has 130 valence electrons. The van der Waals surface area contributed by atoms with Gasteiger partial charge in [-0.15, -0.1) is 0 Å². The minimum atomic E-state index is -0.856. The molecule has 0 aliphatic carbocycles. The highest BCUT2D eigenvalue weighted by Gasteiger charge is 2.34. The van der Waals surface area contributed by atoms with Gasteiger partial charge in [-0.1, -0.05) is 59.6 Å². The van der Waals surface area contributed by atoms with Gasteiger partial charge < -0.3 is 10.0 Å². The summed E-state index contributed by atoms with van der Waals surface area (Å²) in [6.45, 7) is 1.05. The molecule has 0 saturated carbocycles. The number of rotatable bonds is 3. The molecule has 2 aromatic carbocycles. The second-order valence-corrected chi connectivity index (χ2v) is 7.04.